The van der Waals surface area contributed by atoms with Gasteiger partial charge in [-0.25, -0.2) is 13.4 Å². The average Bonchev–Trinajstić information content (AvgIpc) is 2.86. The molecular formula is C12H13N3O4S2. The maximum absolute atomic E-state index is 11.8. The number of carboxylic acids is 1. The molecule has 0 aliphatic carbocycles. The van der Waals surface area contributed by atoms with Crippen LogP contribution in [0.5, 0.6) is 0 Å². The Morgan fingerprint density at radius 3 is 2.57 bits per heavy atom. The van der Waals surface area contributed by atoms with Gasteiger partial charge in [0.1, 0.15) is 0 Å². The van der Waals surface area contributed by atoms with Crippen LogP contribution in [-0.2, 0) is 14.8 Å². The van der Waals surface area contributed by atoms with Gasteiger partial charge in [-0.3, -0.25) is 9.52 Å². The number of aliphatic carboxylic acids is 1. The van der Waals surface area contributed by atoms with Gasteiger partial charge in [0.05, 0.1) is 5.69 Å². The van der Waals surface area contributed by atoms with Crippen LogP contribution in [0.25, 0.3) is 11.3 Å². The number of hydrogen-bond donors (Lipinski definition) is 3. The molecule has 2 rings (SSSR count). The molecule has 7 nitrogen and oxygen atoms in total. The van der Waals surface area contributed by atoms with E-state index in [4.69, 9.17) is 10.8 Å². The van der Waals surface area contributed by atoms with E-state index in [1.54, 1.807) is 29.6 Å². The first-order valence-corrected chi connectivity index (χ1v) is 8.28. The number of aromatic nitrogens is 1. The van der Waals surface area contributed by atoms with Gasteiger partial charge in [-0.1, -0.05) is 12.1 Å². The maximum atomic E-state index is 11.8. The number of benzene rings is 1. The second kappa shape index (κ2) is 5.70. The lowest BCUT2D eigenvalue weighted by molar-refractivity contribution is -0.136. The molecule has 2 aromatic rings. The Hall–Kier alpha value is -2.13. The van der Waals surface area contributed by atoms with Crippen molar-refractivity contribution in [1.29, 1.82) is 0 Å². The third kappa shape index (κ3) is 3.50. The Bertz CT molecular complexity index is 753. The van der Waals surface area contributed by atoms with Crippen LogP contribution in [0.4, 0.5) is 10.8 Å². The standard InChI is InChI=1S/C12H13N3O4S2/c1-7(11(16)17)21(18,19)15-12-14-10(6-20-12)8-2-4-9(13)5-3-8/h2-7H,13H2,1H3,(H,14,15)(H,16,17). The smallest absolute Gasteiger partial charge is 0.323 e. The van der Waals surface area contributed by atoms with Gasteiger partial charge in [0.15, 0.2) is 10.4 Å². The van der Waals surface area contributed by atoms with Crippen LogP contribution in [-0.4, -0.2) is 29.7 Å². The third-order valence-electron chi connectivity index (χ3n) is 2.75. The van der Waals surface area contributed by atoms with Gasteiger partial charge in [-0.2, -0.15) is 0 Å². The van der Waals surface area contributed by atoms with Crippen molar-refractivity contribution in [2.24, 2.45) is 0 Å². The molecule has 21 heavy (non-hydrogen) atoms. The molecule has 0 saturated carbocycles. The number of nitrogen functional groups attached to an aromatic ring is 1. The Morgan fingerprint density at radius 2 is 2.00 bits per heavy atom. The van der Waals surface area contributed by atoms with E-state index in [1.807, 2.05) is 0 Å². The largest absolute Gasteiger partial charge is 0.480 e. The minimum absolute atomic E-state index is 0.120. The van der Waals surface area contributed by atoms with Gasteiger partial charge in [-0.05, 0) is 19.1 Å². The highest BCUT2D eigenvalue weighted by atomic mass is 32.2. The van der Waals surface area contributed by atoms with Gasteiger partial charge < -0.3 is 10.8 Å². The van der Waals surface area contributed by atoms with Crippen LogP contribution in [0.15, 0.2) is 29.6 Å². The van der Waals surface area contributed by atoms with Gasteiger partial charge in [-0.15, -0.1) is 11.3 Å². The molecule has 4 N–H and O–H groups in total. The normalized spacial score (nSPS) is 12.8. The van der Waals surface area contributed by atoms with Crippen LogP contribution in [0.2, 0.25) is 0 Å². The van der Waals surface area contributed by atoms with Crippen molar-refractivity contribution in [3.05, 3.63) is 29.6 Å². The summed E-state index contributed by atoms with van der Waals surface area (Å²) in [5.41, 5.74) is 7.58. The van der Waals surface area contributed by atoms with Crippen molar-refractivity contribution in [2.75, 3.05) is 10.5 Å². The number of anilines is 2. The van der Waals surface area contributed by atoms with E-state index in [0.29, 0.717) is 11.4 Å². The number of carbonyl (C=O) groups is 1. The van der Waals surface area contributed by atoms with Gasteiger partial charge in [0, 0.05) is 16.6 Å². The number of hydrogen-bond acceptors (Lipinski definition) is 6. The summed E-state index contributed by atoms with van der Waals surface area (Å²) >= 11 is 1.08. The molecule has 1 heterocycles. The van der Waals surface area contributed by atoms with Crippen molar-refractivity contribution in [3.63, 3.8) is 0 Å². The van der Waals surface area contributed by atoms with Gasteiger partial charge >= 0.3 is 5.97 Å². The zero-order chi connectivity index (χ0) is 15.6. The van der Waals surface area contributed by atoms with Gasteiger partial charge in [0.25, 0.3) is 0 Å². The van der Waals surface area contributed by atoms with Crippen LogP contribution in [0, 0.1) is 0 Å². The SMILES string of the molecule is CC(C(=O)O)S(=O)(=O)Nc1nc(-c2ccc(N)cc2)cs1. The average molecular weight is 327 g/mol. The maximum Gasteiger partial charge on any atom is 0.323 e. The molecule has 112 valence electrons. The molecule has 0 spiro atoms. The number of sulfonamides is 1. The Balaban J connectivity index is 2.21. The predicted molar refractivity (Wildman–Crippen MR) is 81.6 cm³/mol. The number of nitrogens with zero attached hydrogens (tertiary/aromatic N) is 1. The summed E-state index contributed by atoms with van der Waals surface area (Å²) in [6.45, 7) is 1.10. The molecule has 0 bridgehead atoms. The van der Waals surface area contributed by atoms with Crippen molar-refractivity contribution >= 4 is 38.1 Å². The van der Waals surface area contributed by atoms with E-state index in [2.05, 4.69) is 9.71 Å². The Morgan fingerprint density at radius 1 is 1.38 bits per heavy atom. The molecular weight excluding hydrogens is 314 g/mol. The predicted octanol–water partition coefficient (Wildman–Crippen LogP) is 1.61. The molecule has 1 aromatic heterocycles. The first-order valence-electron chi connectivity index (χ1n) is 5.85. The van der Waals surface area contributed by atoms with Crippen LogP contribution in [0.3, 0.4) is 0 Å². The summed E-state index contributed by atoms with van der Waals surface area (Å²) in [5.74, 6) is -1.42. The second-order valence-electron chi connectivity index (χ2n) is 4.29. The molecule has 1 atom stereocenters. The first kappa shape index (κ1) is 15.3. The number of nitrogens with one attached hydrogen (secondary N) is 1. The summed E-state index contributed by atoms with van der Waals surface area (Å²) < 4.78 is 25.8. The number of carboxylic acid groups (broad SMARTS) is 1. The van der Waals surface area contributed by atoms with Crippen molar-refractivity contribution in [2.45, 2.75) is 12.2 Å². The minimum atomic E-state index is -4.01. The van der Waals surface area contributed by atoms with E-state index < -0.39 is 21.2 Å². The number of rotatable bonds is 5. The highest BCUT2D eigenvalue weighted by Gasteiger charge is 2.28. The Kier molecular flexibility index (Phi) is 4.14. The Labute approximate surface area is 125 Å². The van der Waals surface area contributed by atoms with E-state index in [1.165, 1.54) is 0 Å². The molecule has 9 heteroatoms. The highest BCUT2D eigenvalue weighted by Crippen LogP contribution is 2.26. The van der Waals surface area contributed by atoms with Gasteiger partial charge in [0.2, 0.25) is 10.0 Å². The lowest BCUT2D eigenvalue weighted by Gasteiger charge is -2.08. The molecule has 0 fully saturated rings. The van der Waals surface area contributed by atoms with E-state index in [9.17, 15) is 13.2 Å². The molecule has 0 aliphatic rings. The molecule has 0 radical (unpaired) electrons. The van der Waals surface area contributed by atoms with Crippen LogP contribution in [0.1, 0.15) is 6.92 Å². The monoisotopic (exact) mass is 327 g/mol. The second-order valence-corrected chi connectivity index (χ2v) is 7.15. The highest BCUT2D eigenvalue weighted by molar-refractivity contribution is 7.94. The first-order chi connectivity index (χ1) is 9.79. The zero-order valence-electron chi connectivity index (χ0n) is 11.0. The van der Waals surface area contributed by atoms with Crippen molar-refractivity contribution < 1.29 is 18.3 Å². The van der Waals surface area contributed by atoms with E-state index in [-0.39, 0.29) is 5.13 Å². The fourth-order valence-electron chi connectivity index (χ4n) is 1.45. The lowest BCUT2D eigenvalue weighted by atomic mass is 10.2. The zero-order valence-corrected chi connectivity index (χ0v) is 12.6. The molecule has 1 unspecified atom stereocenters. The molecule has 0 saturated heterocycles. The minimum Gasteiger partial charge on any atom is -0.480 e. The molecule has 1 aromatic carbocycles. The van der Waals surface area contributed by atoms with Crippen molar-refractivity contribution in [1.82, 2.24) is 4.98 Å². The fraction of sp³-hybridized carbons (Fsp3) is 0.167. The molecule has 0 aliphatic heterocycles. The van der Waals surface area contributed by atoms with E-state index in [0.717, 1.165) is 23.8 Å². The van der Waals surface area contributed by atoms with Crippen molar-refractivity contribution in [3.8, 4) is 11.3 Å². The third-order valence-corrected chi connectivity index (χ3v) is 5.25. The van der Waals surface area contributed by atoms with Crippen LogP contribution < -0.4 is 10.5 Å². The summed E-state index contributed by atoms with van der Waals surface area (Å²) in [7, 11) is -4.01. The van der Waals surface area contributed by atoms with E-state index >= 15 is 0 Å². The lowest BCUT2D eigenvalue weighted by Crippen LogP contribution is -2.32. The summed E-state index contributed by atoms with van der Waals surface area (Å²) in [4.78, 5) is 14.9. The topological polar surface area (TPSA) is 122 Å². The quantitative estimate of drug-likeness (QED) is 0.717. The molecule has 0 amide bonds. The summed E-state index contributed by atoms with van der Waals surface area (Å²) in [5, 5.41) is 9.00. The summed E-state index contributed by atoms with van der Waals surface area (Å²) in [6, 6.07) is 6.96. The fourth-order valence-corrected chi connectivity index (χ4v) is 3.29. The summed E-state index contributed by atoms with van der Waals surface area (Å²) in [6.07, 6.45) is 0. The number of thiazole rings is 1. The number of nitrogens with two attached hydrogens (primary N) is 1. The van der Waals surface area contributed by atoms with Crippen LogP contribution >= 0.6 is 11.3 Å².